The Morgan fingerprint density at radius 1 is 0.980 bits per heavy atom. The number of nitrogens with zero attached hydrogens (tertiary/aromatic N) is 5. The van der Waals surface area contributed by atoms with E-state index in [-0.39, 0.29) is 46.5 Å². The molecule has 3 aromatic heterocycles. The quantitative estimate of drug-likeness (QED) is 0.233. The van der Waals surface area contributed by atoms with Crippen LogP contribution in [0.2, 0.25) is 0 Å². The summed E-state index contributed by atoms with van der Waals surface area (Å²) < 4.78 is 2.21. The van der Waals surface area contributed by atoms with Gasteiger partial charge in [-0.05, 0) is 79.6 Å². The molecule has 0 atom stereocenters. The Labute approximate surface area is 281 Å². The molecule has 1 aliphatic heterocycles. The number of piperidine rings is 1. The summed E-state index contributed by atoms with van der Waals surface area (Å²) in [5.74, 6) is -0.188. The average Bonchev–Trinajstić information content (AvgIpc) is 3.10. The maximum atomic E-state index is 13.5. The Kier molecular flexibility index (Phi) is 9.00. The van der Waals surface area contributed by atoms with Crippen LogP contribution in [0.1, 0.15) is 68.4 Å². The third-order valence-corrected chi connectivity index (χ3v) is 8.96. The van der Waals surface area contributed by atoms with Gasteiger partial charge >= 0.3 is 5.69 Å². The van der Waals surface area contributed by atoms with Gasteiger partial charge in [0.25, 0.3) is 17.0 Å². The third kappa shape index (κ3) is 6.39. The summed E-state index contributed by atoms with van der Waals surface area (Å²) in [6.07, 6.45) is 4.26. The van der Waals surface area contributed by atoms with E-state index in [0.717, 1.165) is 28.5 Å². The molecule has 1 saturated heterocycles. The van der Waals surface area contributed by atoms with Gasteiger partial charge in [0, 0.05) is 48.5 Å². The number of nitrogens with one attached hydrogen (secondary N) is 2. The lowest BCUT2D eigenvalue weighted by molar-refractivity contribution is -0.135. The van der Waals surface area contributed by atoms with Gasteiger partial charge in [0.2, 0.25) is 5.91 Å². The van der Waals surface area contributed by atoms with Crippen molar-refractivity contribution in [1.29, 1.82) is 0 Å². The number of amides is 2. The summed E-state index contributed by atoms with van der Waals surface area (Å²) in [4.78, 5) is 71.7. The molecule has 252 valence electrons. The van der Waals surface area contributed by atoms with E-state index >= 15 is 0 Å². The van der Waals surface area contributed by atoms with Crippen molar-refractivity contribution in [1.82, 2.24) is 29.2 Å². The van der Waals surface area contributed by atoms with Gasteiger partial charge in [-0.15, -0.1) is 0 Å². The monoisotopic (exact) mass is 662 g/mol. The highest BCUT2D eigenvalue weighted by Gasteiger charge is 2.27. The van der Waals surface area contributed by atoms with E-state index in [1.807, 2.05) is 30.9 Å². The molecule has 0 bridgehead atoms. The SMILES string of the molecule is CC(C)C(=O)N1CCC(c2cc(-c3ccc(NC(=O)c4cn(C(C)C)c(=O)n(-c5ccccn5)c4=O)cc3)c3c(N)n[nH]c(=O)c3c2)CC1. The smallest absolute Gasteiger partial charge is 0.337 e. The molecule has 13 heteroatoms. The fourth-order valence-electron chi connectivity index (χ4n) is 6.33. The Balaban J connectivity index is 1.33. The lowest BCUT2D eigenvalue weighted by Crippen LogP contribution is -2.43. The lowest BCUT2D eigenvalue weighted by atomic mass is 9.85. The van der Waals surface area contributed by atoms with Crippen molar-refractivity contribution < 1.29 is 9.59 Å². The number of nitrogens with two attached hydrogens (primary N) is 1. The molecule has 0 spiro atoms. The zero-order chi connectivity index (χ0) is 35.0. The highest BCUT2D eigenvalue weighted by molar-refractivity contribution is 6.05. The molecule has 1 fully saturated rings. The number of benzene rings is 2. The molecule has 2 aromatic carbocycles. The molecular weight excluding hydrogens is 624 g/mol. The van der Waals surface area contributed by atoms with Crippen LogP contribution in [0.15, 0.2) is 81.4 Å². The first kappa shape index (κ1) is 33.1. The fraction of sp³-hybridized carbons (Fsp3) is 0.306. The van der Waals surface area contributed by atoms with Crippen LogP contribution in [0.4, 0.5) is 11.5 Å². The summed E-state index contributed by atoms with van der Waals surface area (Å²) in [5, 5.41) is 10.2. The molecule has 0 saturated carbocycles. The van der Waals surface area contributed by atoms with Gasteiger partial charge in [-0.25, -0.2) is 19.4 Å². The van der Waals surface area contributed by atoms with Crippen LogP contribution in [0, 0.1) is 5.92 Å². The van der Waals surface area contributed by atoms with Crippen LogP contribution >= 0.6 is 0 Å². The van der Waals surface area contributed by atoms with Crippen LogP contribution in [-0.4, -0.2) is 54.1 Å². The summed E-state index contributed by atoms with van der Waals surface area (Å²) in [5.41, 5.74) is 7.16. The topological polar surface area (TPSA) is 178 Å². The van der Waals surface area contributed by atoms with E-state index in [1.54, 1.807) is 50.2 Å². The minimum atomic E-state index is -0.786. The van der Waals surface area contributed by atoms with E-state index in [4.69, 9.17) is 5.73 Å². The van der Waals surface area contributed by atoms with Crippen molar-refractivity contribution in [3.05, 3.63) is 109 Å². The molecular formula is C36H38N8O5. The molecule has 49 heavy (non-hydrogen) atoms. The molecule has 0 radical (unpaired) electrons. The minimum absolute atomic E-state index is 0.0642. The van der Waals surface area contributed by atoms with E-state index in [2.05, 4.69) is 20.5 Å². The van der Waals surface area contributed by atoms with Gasteiger partial charge in [-0.1, -0.05) is 38.1 Å². The molecule has 0 aliphatic carbocycles. The van der Waals surface area contributed by atoms with E-state index in [0.29, 0.717) is 35.1 Å². The normalized spacial score (nSPS) is 13.7. The van der Waals surface area contributed by atoms with Crippen molar-refractivity contribution in [2.24, 2.45) is 5.92 Å². The fourth-order valence-corrected chi connectivity index (χ4v) is 6.33. The molecule has 13 nitrogen and oxygen atoms in total. The number of likely N-dealkylation sites (tertiary alicyclic amines) is 1. The second kappa shape index (κ2) is 13.3. The van der Waals surface area contributed by atoms with Crippen LogP contribution < -0.4 is 27.9 Å². The number of nitrogen functional groups attached to an aromatic ring is 1. The number of aromatic nitrogens is 5. The predicted octanol–water partition coefficient (Wildman–Crippen LogP) is 4.08. The first-order valence-electron chi connectivity index (χ1n) is 16.3. The number of rotatable bonds is 7. The van der Waals surface area contributed by atoms with E-state index in [9.17, 15) is 24.0 Å². The van der Waals surface area contributed by atoms with Gasteiger partial charge in [-0.2, -0.15) is 5.10 Å². The largest absolute Gasteiger partial charge is 0.382 e. The first-order valence-corrected chi connectivity index (χ1v) is 16.3. The molecule has 2 amide bonds. The second-order valence-corrected chi connectivity index (χ2v) is 12.9. The standard InChI is InChI=1S/C36H38N8O5/c1-20(2)34(47)42-15-12-22(13-16-42)24-17-26(30-27(18-24)33(46)41-40-31(30)37)23-8-10-25(11-9-23)39-32(45)28-19-43(21(3)4)36(49)44(35(28)48)29-7-5-6-14-38-29/h5-11,14,17-22H,12-13,15-16H2,1-4H3,(H2,37,40)(H,39,45)(H,41,46). The summed E-state index contributed by atoms with van der Waals surface area (Å²) >= 11 is 0. The van der Waals surface area contributed by atoms with Crippen LogP contribution in [-0.2, 0) is 4.79 Å². The zero-order valence-electron chi connectivity index (χ0n) is 27.8. The highest BCUT2D eigenvalue weighted by Crippen LogP contribution is 2.37. The number of anilines is 2. The van der Waals surface area contributed by atoms with Gasteiger partial charge in [0.1, 0.15) is 11.4 Å². The predicted molar refractivity (Wildman–Crippen MR) is 188 cm³/mol. The zero-order valence-corrected chi connectivity index (χ0v) is 27.8. The summed E-state index contributed by atoms with van der Waals surface area (Å²) in [6.45, 7) is 8.64. The van der Waals surface area contributed by atoms with Crippen LogP contribution in [0.5, 0.6) is 0 Å². The molecule has 1 aliphatic rings. The van der Waals surface area contributed by atoms with Crippen molar-refractivity contribution >= 4 is 34.1 Å². The highest BCUT2D eigenvalue weighted by atomic mass is 16.2. The van der Waals surface area contributed by atoms with Gasteiger partial charge in [0.15, 0.2) is 5.82 Å². The number of hydrogen-bond donors (Lipinski definition) is 3. The number of H-pyrrole nitrogens is 1. The number of fused-ring (bicyclic) bond motifs is 1. The molecule has 5 aromatic rings. The van der Waals surface area contributed by atoms with Crippen molar-refractivity contribution in [3.8, 4) is 16.9 Å². The molecule has 4 heterocycles. The number of carbonyl (C=O) groups is 2. The first-order chi connectivity index (χ1) is 23.4. The minimum Gasteiger partial charge on any atom is -0.382 e. The summed E-state index contributed by atoms with van der Waals surface area (Å²) in [6, 6.07) is 15.4. The Hall–Kier alpha value is -5.85. The van der Waals surface area contributed by atoms with E-state index in [1.165, 1.54) is 23.0 Å². The third-order valence-electron chi connectivity index (χ3n) is 8.96. The molecule has 4 N–H and O–H groups in total. The van der Waals surface area contributed by atoms with Crippen molar-refractivity contribution in [2.75, 3.05) is 24.1 Å². The van der Waals surface area contributed by atoms with Gasteiger partial charge in [-0.3, -0.25) is 23.7 Å². The maximum absolute atomic E-state index is 13.5. The second-order valence-electron chi connectivity index (χ2n) is 12.9. The Morgan fingerprint density at radius 3 is 2.33 bits per heavy atom. The Morgan fingerprint density at radius 2 is 1.69 bits per heavy atom. The molecule has 6 rings (SSSR count). The lowest BCUT2D eigenvalue weighted by Gasteiger charge is -2.33. The van der Waals surface area contributed by atoms with Gasteiger partial charge < -0.3 is 16.0 Å². The Bertz CT molecular complexity index is 2230. The van der Waals surface area contributed by atoms with Gasteiger partial charge in [0.05, 0.1) is 5.39 Å². The average molecular weight is 663 g/mol. The van der Waals surface area contributed by atoms with Crippen LogP contribution in [0.3, 0.4) is 0 Å². The number of hydrogen-bond acceptors (Lipinski definition) is 8. The van der Waals surface area contributed by atoms with Crippen LogP contribution in [0.25, 0.3) is 27.7 Å². The molecule has 0 unspecified atom stereocenters. The van der Waals surface area contributed by atoms with Crippen molar-refractivity contribution in [2.45, 2.75) is 52.5 Å². The number of carbonyl (C=O) groups excluding carboxylic acids is 2. The number of aromatic amines is 1. The maximum Gasteiger partial charge on any atom is 0.337 e. The van der Waals surface area contributed by atoms with E-state index < -0.39 is 17.2 Å². The number of pyridine rings is 1. The summed E-state index contributed by atoms with van der Waals surface area (Å²) in [7, 11) is 0. The van der Waals surface area contributed by atoms with Crippen molar-refractivity contribution in [3.63, 3.8) is 0 Å².